The van der Waals surface area contributed by atoms with Crippen LogP contribution in [0, 0.1) is 6.92 Å². The van der Waals surface area contributed by atoms with Gasteiger partial charge in [-0.05, 0) is 37.5 Å². The van der Waals surface area contributed by atoms with Gasteiger partial charge in [-0.3, -0.25) is 9.69 Å². The highest BCUT2D eigenvalue weighted by atomic mass is 35.5. The number of carbonyl (C=O) groups excluding carboxylic acids is 1. The first kappa shape index (κ1) is 18.6. The first-order valence-corrected chi connectivity index (χ1v) is 9.18. The van der Waals surface area contributed by atoms with Crippen LogP contribution in [0.25, 0.3) is 0 Å². The molecule has 1 aromatic heterocycles. The van der Waals surface area contributed by atoms with Gasteiger partial charge in [0.05, 0.1) is 24.0 Å². The van der Waals surface area contributed by atoms with Gasteiger partial charge in [0, 0.05) is 31.9 Å². The Morgan fingerprint density at radius 3 is 2.65 bits per heavy atom. The molecule has 0 bridgehead atoms. The fourth-order valence-corrected chi connectivity index (χ4v) is 3.34. The van der Waals surface area contributed by atoms with Crippen molar-refractivity contribution in [3.8, 4) is 0 Å². The molecule has 0 unspecified atom stereocenters. The first-order chi connectivity index (χ1) is 12.5. The van der Waals surface area contributed by atoms with Crippen molar-refractivity contribution in [2.24, 2.45) is 0 Å². The van der Waals surface area contributed by atoms with E-state index in [9.17, 15) is 4.79 Å². The number of nitrogens with one attached hydrogen (secondary N) is 1. The summed E-state index contributed by atoms with van der Waals surface area (Å²) in [5.74, 6) is 0.716. The highest BCUT2D eigenvalue weighted by Crippen LogP contribution is 2.20. The lowest BCUT2D eigenvalue weighted by Crippen LogP contribution is -2.46. The van der Waals surface area contributed by atoms with Gasteiger partial charge in [-0.15, -0.1) is 0 Å². The number of nitrogens with zero attached hydrogens (tertiary/aromatic N) is 4. The van der Waals surface area contributed by atoms with Crippen LogP contribution in [0.2, 0.25) is 5.02 Å². The van der Waals surface area contributed by atoms with E-state index in [0.29, 0.717) is 23.6 Å². The molecule has 3 rings (SSSR count). The van der Waals surface area contributed by atoms with Crippen molar-refractivity contribution in [1.82, 2.24) is 14.9 Å². The second-order valence-electron chi connectivity index (χ2n) is 6.74. The second-order valence-corrected chi connectivity index (χ2v) is 7.17. The number of anilines is 2. The molecule has 0 spiro atoms. The lowest BCUT2D eigenvalue weighted by Gasteiger charge is -2.36. The Morgan fingerprint density at radius 2 is 2.00 bits per heavy atom. The number of aryl methyl sites for hydroxylation is 1. The van der Waals surface area contributed by atoms with Crippen molar-refractivity contribution in [2.45, 2.75) is 25.8 Å². The number of benzene rings is 1. The minimum Gasteiger partial charge on any atom is -0.341 e. The Labute approximate surface area is 159 Å². The van der Waals surface area contributed by atoms with Crippen molar-refractivity contribution in [3.63, 3.8) is 0 Å². The molecule has 2 heterocycles. The van der Waals surface area contributed by atoms with Gasteiger partial charge in [0.25, 0.3) is 0 Å². The van der Waals surface area contributed by atoms with Crippen LogP contribution >= 0.6 is 11.6 Å². The van der Waals surface area contributed by atoms with Crippen molar-refractivity contribution in [1.29, 1.82) is 0 Å². The van der Waals surface area contributed by atoms with E-state index in [-0.39, 0.29) is 5.91 Å². The van der Waals surface area contributed by atoms with Crippen LogP contribution < -0.4 is 10.2 Å². The fourth-order valence-electron chi connectivity index (χ4n) is 3.24. The van der Waals surface area contributed by atoms with E-state index in [1.165, 1.54) is 0 Å². The van der Waals surface area contributed by atoms with Crippen LogP contribution in [-0.4, -0.2) is 53.5 Å². The summed E-state index contributed by atoms with van der Waals surface area (Å²) in [5, 5.41) is 3.51. The molecule has 6 nitrogen and oxygen atoms in total. The van der Waals surface area contributed by atoms with Crippen LogP contribution in [-0.2, 0) is 4.79 Å². The molecule has 0 saturated carbocycles. The van der Waals surface area contributed by atoms with Crippen LogP contribution in [0.1, 0.15) is 18.4 Å². The maximum atomic E-state index is 12.3. The summed E-state index contributed by atoms with van der Waals surface area (Å²) in [6, 6.07) is 8.22. The number of piperidine rings is 1. The van der Waals surface area contributed by atoms with E-state index >= 15 is 0 Å². The van der Waals surface area contributed by atoms with Crippen LogP contribution in [0.15, 0.2) is 36.7 Å². The maximum Gasteiger partial charge on any atom is 0.238 e. The zero-order valence-corrected chi connectivity index (χ0v) is 15.9. The Hall–Kier alpha value is -2.18. The normalized spacial score (nSPS) is 15.7. The fraction of sp³-hybridized carbons (Fsp3) is 0.421. The van der Waals surface area contributed by atoms with Crippen LogP contribution in [0.5, 0.6) is 0 Å². The molecule has 2 aromatic rings. The van der Waals surface area contributed by atoms with E-state index in [0.717, 1.165) is 37.2 Å². The molecule has 1 aromatic carbocycles. The lowest BCUT2D eigenvalue weighted by atomic mass is 10.0. The van der Waals surface area contributed by atoms with Gasteiger partial charge in [-0.25, -0.2) is 9.97 Å². The van der Waals surface area contributed by atoms with Gasteiger partial charge < -0.3 is 10.2 Å². The lowest BCUT2D eigenvalue weighted by molar-refractivity contribution is -0.117. The number of halogens is 1. The Balaban J connectivity index is 1.47. The molecule has 7 heteroatoms. The van der Waals surface area contributed by atoms with E-state index < -0.39 is 0 Å². The number of hydrogen-bond acceptors (Lipinski definition) is 5. The van der Waals surface area contributed by atoms with Crippen molar-refractivity contribution >= 4 is 29.1 Å². The average molecular weight is 374 g/mol. The zero-order valence-electron chi connectivity index (χ0n) is 15.2. The molecule has 0 atom stereocenters. The highest BCUT2D eigenvalue weighted by molar-refractivity contribution is 6.30. The predicted molar refractivity (Wildman–Crippen MR) is 105 cm³/mol. The SMILES string of the molecule is Cc1cccc(NC(=O)CN2CCC(N(C)c3ncc(Cl)cn3)CC2)c1. The van der Waals surface area contributed by atoms with Gasteiger partial charge in [0.1, 0.15) is 0 Å². The third kappa shape index (κ3) is 4.93. The molecule has 1 fully saturated rings. The topological polar surface area (TPSA) is 61.4 Å². The predicted octanol–water partition coefficient (Wildman–Crippen LogP) is 2.98. The van der Waals surface area contributed by atoms with Crippen molar-refractivity contribution in [3.05, 3.63) is 47.2 Å². The van der Waals surface area contributed by atoms with Crippen LogP contribution in [0.4, 0.5) is 11.6 Å². The first-order valence-electron chi connectivity index (χ1n) is 8.80. The van der Waals surface area contributed by atoms with Gasteiger partial charge in [-0.1, -0.05) is 23.7 Å². The monoisotopic (exact) mass is 373 g/mol. The van der Waals surface area contributed by atoms with Crippen molar-refractivity contribution < 1.29 is 4.79 Å². The zero-order chi connectivity index (χ0) is 18.5. The molecule has 1 aliphatic rings. The number of rotatable bonds is 5. The molecular formula is C19H24ClN5O. The van der Waals surface area contributed by atoms with Gasteiger partial charge in [0.15, 0.2) is 0 Å². The summed E-state index contributed by atoms with van der Waals surface area (Å²) in [6.45, 7) is 4.19. The summed E-state index contributed by atoms with van der Waals surface area (Å²) in [5.41, 5.74) is 1.99. The number of hydrogen-bond donors (Lipinski definition) is 1. The Bertz CT molecular complexity index is 744. The average Bonchev–Trinajstić information content (AvgIpc) is 2.62. The smallest absolute Gasteiger partial charge is 0.238 e. The van der Waals surface area contributed by atoms with Gasteiger partial charge >= 0.3 is 0 Å². The molecule has 0 aliphatic carbocycles. The van der Waals surface area contributed by atoms with Crippen LogP contribution in [0.3, 0.4) is 0 Å². The molecule has 1 amide bonds. The summed E-state index contributed by atoms with van der Waals surface area (Å²) in [4.78, 5) is 25.1. The summed E-state index contributed by atoms with van der Waals surface area (Å²) >= 11 is 5.85. The Kier molecular flexibility index (Phi) is 6.06. The highest BCUT2D eigenvalue weighted by Gasteiger charge is 2.25. The molecule has 1 saturated heterocycles. The van der Waals surface area contributed by atoms with E-state index in [1.54, 1.807) is 12.4 Å². The molecule has 1 aliphatic heterocycles. The molecule has 138 valence electrons. The van der Waals surface area contributed by atoms with Gasteiger partial charge in [-0.2, -0.15) is 0 Å². The number of amides is 1. The quantitative estimate of drug-likeness (QED) is 0.873. The standard InChI is InChI=1S/C19H24ClN5O/c1-14-4-3-5-16(10-14)23-18(26)13-25-8-6-17(7-9-25)24(2)19-21-11-15(20)12-22-19/h3-5,10-12,17H,6-9,13H2,1-2H3,(H,23,26). The number of carbonyl (C=O) groups is 1. The Morgan fingerprint density at radius 1 is 1.31 bits per heavy atom. The summed E-state index contributed by atoms with van der Waals surface area (Å²) in [7, 11) is 2.01. The van der Waals surface area contributed by atoms with E-state index in [4.69, 9.17) is 11.6 Å². The number of likely N-dealkylation sites (tertiary alicyclic amines) is 1. The third-order valence-electron chi connectivity index (χ3n) is 4.70. The number of aromatic nitrogens is 2. The summed E-state index contributed by atoms with van der Waals surface area (Å²) in [6.07, 6.45) is 5.18. The second kappa shape index (κ2) is 8.47. The molecule has 26 heavy (non-hydrogen) atoms. The molecular weight excluding hydrogens is 350 g/mol. The van der Waals surface area contributed by atoms with Gasteiger partial charge in [0.2, 0.25) is 11.9 Å². The van der Waals surface area contributed by atoms with E-state index in [2.05, 4.69) is 25.1 Å². The summed E-state index contributed by atoms with van der Waals surface area (Å²) < 4.78 is 0. The molecule has 0 radical (unpaired) electrons. The molecule has 1 N–H and O–H groups in total. The third-order valence-corrected chi connectivity index (χ3v) is 4.89. The van der Waals surface area contributed by atoms with Crippen molar-refractivity contribution in [2.75, 3.05) is 36.9 Å². The largest absolute Gasteiger partial charge is 0.341 e. The van der Waals surface area contributed by atoms with E-state index in [1.807, 2.05) is 38.2 Å². The minimum absolute atomic E-state index is 0.0310. The minimum atomic E-state index is 0.0310. The maximum absolute atomic E-state index is 12.3.